The molecule has 1 heterocycles. The van der Waals surface area contributed by atoms with E-state index in [9.17, 15) is 0 Å². The fraction of sp³-hybridized carbons (Fsp3) is 0.684. The predicted molar refractivity (Wildman–Crippen MR) is 90.9 cm³/mol. The standard InChI is InChI=1S/C19H30N2/c1-21-13-5-9-18-14-17(10-11-19(18)21)15-20-12-4-8-16-6-2-3-7-16/h10-11,14,16,20H,2-9,12-13,15H2,1H3. The highest BCUT2D eigenvalue weighted by molar-refractivity contribution is 5.56. The van der Waals surface area contributed by atoms with E-state index >= 15 is 0 Å². The van der Waals surface area contributed by atoms with Gasteiger partial charge in [-0.25, -0.2) is 0 Å². The molecule has 0 aromatic heterocycles. The number of fused-ring (bicyclic) bond motifs is 1. The zero-order valence-electron chi connectivity index (χ0n) is 13.5. The van der Waals surface area contributed by atoms with Crippen molar-refractivity contribution in [3.8, 4) is 0 Å². The van der Waals surface area contributed by atoms with Gasteiger partial charge in [0.2, 0.25) is 0 Å². The molecule has 1 aromatic rings. The van der Waals surface area contributed by atoms with Crippen molar-refractivity contribution < 1.29 is 0 Å². The van der Waals surface area contributed by atoms with Gasteiger partial charge in [-0.3, -0.25) is 0 Å². The van der Waals surface area contributed by atoms with Crippen molar-refractivity contribution in [1.29, 1.82) is 0 Å². The molecule has 0 spiro atoms. The number of rotatable bonds is 6. The summed E-state index contributed by atoms with van der Waals surface area (Å²) in [6.45, 7) is 3.40. The van der Waals surface area contributed by atoms with E-state index in [0.717, 1.165) is 12.5 Å². The van der Waals surface area contributed by atoms with Gasteiger partial charge < -0.3 is 10.2 Å². The smallest absolute Gasteiger partial charge is 0.0396 e. The van der Waals surface area contributed by atoms with Crippen LogP contribution in [0.3, 0.4) is 0 Å². The van der Waals surface area contributed by atoms with E-state index in [1.165, 1.54) is 81.3 Å². The quantitative estimate of drug-likeness (QED) is 0.791. The molecule has 0 saturated heterocycles. The first-order valence-corrected chi connectivity index (χ1v) is 8.86. The summed E-state index contributed by atoms with van der Waals surface area (Å²) >= 11 is 0. The summed E-state index contributed by atoms with van der Waals surface area (Å²) in [5.74, 6) is 1.03. The maximum absolute atomic E-state index is 3.63. The molecule has 1 aliphatic carbocycles. The normalized spacial score (nSPS) is 19.0. The lowest BCUT2D eigenvalue weighted by molar-refractivity contribution is 0.470. The van der Waals surface area contributed by atoms with E-state index in [4.69, 9.17) is 0 Å². The predicted octanol–water partition coefficient (Wildman–Crippen LogP) is 4.13. The average Bonchev–Trinajstić information content (AvgIpc) is 3.00. The molecule has 2 aliphatic rings. The topological polar surface area (TPSA) is 15.3 Å². The first-order valence-electron chi connectivity index (χ1n) is 8.86. The largest absolute Gasteiger partial charge is 0.374 e. The maximum atomic E-state index is 3.63. The second-order valence-corrected chi connectivity index (χ2v) is 6.96. The Hall–Kier alpha value is -1.02. The van der Waals surface area contributed by atoms with Crippen LogP contribution < -0.4 is 10.2 Å². The monoisotopic (exact) mass is 286 g/mol. The van der Waals surface area contributed by atoms with Crippen LogP contribution in [-0.2, 0) is 13.0 Å². The van der Waals surface area contributed by atoms with E-state index in [1.54, 1.807) is 0 Å². The molecule has 0 unspecified atom stereocenters. The molecule has 0 radical (unpaired) electrons. The fourth-order valence-electron chi connectivity index (χ4n) is 4.00. The van der Waals surface area contributed by atoms with Gasteiger partial charge in [-0.15, -0.1) is 0 Å². The molecule has 0 atom stereocenters. The van der Waals surface area contributed by atoms with E-state index in [2.05, 4.69) is 35.5 Å². The van der Waals surface area contributed by atoms with Crippen LogP contribution in [0.25, 0.3) is 0 Å². The van der Waals surface area contributed by atoms with Gasteiger partial charge in [0.25, 0.3) is 0 Å². The second kappa shape index (κ2) is 7.31. The zero-order chi connectivity index (χ0) is 14.5. The van der Waals surface area contributed by atoms with Crippen LogP contribution in [0.15, 0.2) is 18.2 Å². The highest BCUT2D eigenvalue weighted by atomic mass is 15.1. The Kier molecular flexibility index (Phi) is 5.18. The van der Waals surface area contributed by atoms with Crippen LogP contribution in [-0.4, -0.2) is 20.1 Å². The third-order valence-electron chi connectivity index (χ3n) is 5.26. The molecule has 1 fully saturated rings. The Labute approximate surface area is 129 Å². The van der Waals surface area contributed by atoms with Gasteiger partial charge in [-0.2, -0.15) is 0 Å². The zero-order valence-corrected chi connectivity index (χ0v) is 13.5. The maximum Gasteiger partial charge on any atom is 0.0396 e. The minimum atomic E-state index is 1.03. The van der Waals surface area contributed by atoms with Gasteiger partial charge in [0.15, 0.2) is 0 Å². The van der Waals surface area contributed by atoms with Crippen molar-refractivity contribution in [3.63, 3.8) is 0 Å². The lowest BCUT2D eigenvalue weighted by Gasteiger charge is -2.27. The van der Waals surface area contributed by atoms with Gasteiger partial charge in [0.1, 0.15) is 0 Å². The Morgan fingerprint density at radius 3 is 2.90 bits per heavy atom. The Morgan fingerprint density at radius 2 is 2.05 bits per heavy atom. The second-order valence-electron chi connectivity index (χ2n) is 6.96. The number of benzene rings is 1. The van der Waals surface area contributed by atoms with Gasteiger partial charge in [-0.05, 0) is 55.3 Å². The molecule has 3 rings (SSSR count). The summed E-state index contributed by atoms with van der Waals surface area (Å²) in [4.78, 5) is 2.39. The van der Waals surface area contributed by atoms with E-state index in [1.807, 2.05) is 0 Å². The Bertz CT molecular complexity index is 449. The van der Waals surface area contributed by atoms with Crippen LogP contribution in [0.5, 0.6) is 0 Å². The summed E-state index contributed by atoms with van der Waals surface area (Å²) in [5.41, 5.74) is 4.42. The summed E-state index contributed by atoms with van der Waals surface area (Å²) in [7, 11) is 2.21. The third-order valence-corrected chi connectivity index (χ3v) is 5.26. The van der Waals surface area contributed by atoms with Crippen LogP contribution in [0, 0.1) is 5.92 Å². The average molecular weight is 286 g/mol. The Balaban J connectivity index is 1.41. The summed E-state index contributed by atoms with van der Waals surface area (Å²) in [5, 5.41) is 3.63. The van der Waals surface area contributed by atoms with Crippen LogP contribution >= 0.6 is 0 Å². The molecule has 0 bridgehead atoms. The highest BCUT2D eigenvalue weighted by Gasteiger charge is 2.14. The SMILES string of the molecule is CN1CCCc2cc(CNCCCC3CCCC3)ccc21. The third kappa shape index (κ3) is 4.00. The van der Waals surface area contributed by atoms with E-state index in [0.29, 0.717) is 0 Å². The van der Waals surface area contributed by atoms with Crippen molar-refractivity contribution in [2.45, 2.75) is 57.9 Å². The summed E-state index contributed by atoms with van der Waals surface area (Å²) < 4.78 is 0. The molecule has 21 heavy (non-hydrogen) atoms. The van der Waals surface area contributed by atoms with Gasteiger partial charge >= 0.3 is 0 Å². The first-order chi connectivity index (χ1) is 10.3. The molecule has 2 heteroatoms. The Morgan fingerprint density at radius 1 is 1.19 bits per heavy atom. The minimum absolute atomic E-state index is 1.03. The van der Waals surface area contributed by atoms with Gasteiger partial charge in [-0.1, -0.05) is 37.8 Å². The lowest BCUT2D eigenvalue weighted by atomic mass is 9.99. The van der Waals surface area contributed by atoms with Crippen LogP contribution in [0.2, 0.25) is 0 Å². The summed E-state index contributed by atoms with van der Waals surface area (Å²) in [6, 6.07) is 7.02. The van der Waals surface area contributed by atoms with Gasteiger partial charge in [0.05, 0.1) is 0 Å². The molecule has 116 valence electrons. The molecular formula is C19H30N2. The van der Waals surface area contributed by atoms with E-state index in [-0.39, 0.29) is 0 Å². The number of hydrogen-bond acceptors (Lipinski definition) is 2. The number of nitrogens with one attached hydrogen (secondary N) is 1. The first kappa shape index (κ1) is 14.9. The van der Waals surface area contributed by atoms with Crippen molar-refractivity contribution >= 4 is 5.69 Å². The van der Waals surface area contributed by atoms with Crippen molar-refractivity contribution in [2.24, 2.45) is 5.92 Å². The molecular weight excluding hydrogens is 256 g/mol. The molecule has 1 aromatic carbocycles. The number of nitrogens with zero attached hydrogens (tertiary/aromatic N) is 1. The van der Waals surface area contributed by atoms with Crippen LogP contribution in [0.4, 0.5) is 5.69 Å². The summed E-state index contributed by atoms with van der Waals surface area (Å²) in [6.07, 6.45) is 11.2. The fourth-order valence-corrected chi connectivity index (χ4v) is 4.00. The van der Waals surface area contributed by atoms with Crippen molar-refractivity contribution in [3.05, 3.63) is 29.3 Å². The minimum Gasteiger partial charge on any atom is -0.374 e. The van der Waals surface area contributed by atoms with E-state index < -0.39 is 0 Å². The number of anilines is 1. The molecule has 1 N–H and O–H groups in total. The number of hydrogen-bond donors (Lipinski definition) is 1. The van der Waals surface area contributed by atoms with Crippen molar-refractivity contribution in [1.82, 2.24) is 5.32 Å². The molecule has 0 amide bonds. The number of aryl methyl sites for hydroxylation is 1. The molecule has 2 nitrogen and oxygen atoms in total. The molecule has 1 aliphatic heterocycles. The lowest BCUT2D eigenvalue weighted by Crippen LogP contribution is -2.25. The highest BCUT2D eigenvalue weighted by Crippen LogP contribution is 2.28. The van der Waals surface area contributed by atoms with Crippen LogP contribution in [0.1, 0.15) is 56.1 Å². The van der Waals surface area contributed by atoms with Crippen molar-refractivity contribution in [2.75, 3.05) is 25.0 Å². The molecule has 1 saturated carbocycles. The van der Waals surface area contributed by atoms with Gasteiger partial charge in [0, 0.05) is 25.8 Å².